The Morgan fingerprint density at radius 1 is 0.938 bits per heavy atom. The van der Waals surface area contributed by atoms with Crippen molar-refractivity contribution in [3.05, 3.63) is 60.9 Å². The molecule has 1 amide bonds. The molecule has 0 fully saturated rings. The van der Waals surface area contributed by atoms with Gasteiger partial charge in [-0.2, -0.15) is 0 Å². The summed E-state index contributed by atoms with van der Waals surface area (Å²) in [5, 5.41) is 10.1. The molecule has 2 heterocycles. The number of pyridine rings is 1. The van der Waals surface area contributed by atoms with Gasteiger partial charge in [0.25, 0.3) is 0 Å². The van der Waals surface area contributed by atoms with Gasteiger partial charge in [0.1, 0.15) is 17.2 Å². The van der Waals surface area contributed by atoms with E-state index in [1.807, 2.05) is 30.3 Å². The van der Waals surface area contributed by atoms with E-state index in [0.29, 0.717) is 28.1 Å². The second-order valence-electron chi connectivity index (χ2n) is 6.62. The predicted molar refractivity (Wildman–Crippen MR) is 117 cm³/mol. The maximum atomic E-state index is 11.8. The van der Waals surface area contributed by atoms with E-state index in [-0.39, 0.29) is 11.9 Å². The lowest BCUT2D eigenvalue weighted by Gasteiger charge is -2.22. The van der Waals surface area contributed by atoms with Crippen LogP contribution < -0.4 is 24.9 Å². The van der Waals surface area contributed by atoms with Crippen molar-refractivity contribution in [2.75, 3.05) is 19.4 Å². The number of hydrazine groups is 1. The summed E-state index contributed by atoms with van der Waals surface area (Å²) < 4.78 is 10.4. The summed E-state index contributed by atoms with van der Waals surface area (Å²) in [6, 6.07) is 14.4. The van der Waals surface area contributed by atoms with Crippen LogP contribution in [0.4, 0.5) is 5.95 Å². The van der Waals surface area contributed by atoms with E-state index in [1.54, 1.807) is 38.6 Å². The van der Waals surface area contributed by atoms with Crippen molar-refractivity contribution in [1.82, 2.24) is 25.6 Å². The highest BCUT2D eigenvalue weighted by molar-refractivity contribution is 5.86. The molecule has 0 radical (unpaired) electrons. The molecule has 0 saturated heterocycles. The van der Waals surface area contributed by atoms with Gasteiger partial charge in [0, 0.05) is 36.2 Å². The van der Waals surface area contributed by atoms with E-state index in [9.17, 15) is 4.79 Å². The number of hydrogen-bond donors (Lipinski definition) is 1. The SMILES string of the molecule is COc1ccc(-c2cnc(N(NC(C)=O)Oc3ccnc4cc(OC)ccc34)nn2)cc1. The van der Waals surface area contributed by atoms with Crippen molar-refractivity contribution in [1.29, 1.82) is 0 Å². The number of carbonyl (C=O) groups is 1. The molecule has 0 atom stereocenters. The van der Waals surface area contributed by atoms with Gasteiger partial charge in [0.2, 0.25) is 5.91 Å². The normalized spacial score (nSPS) is 10.5. The van der Waals surface area contributed by atoms with Crippen molar-refractivity contribution < 1.29 is 19.1 Å². The van der Waals surface area contributed by atoms with Crippen LogP contribution in [0.25, 0.3) is 22.2 Å². The van der Waals surface area contributed by atoms with Crippen molar-refractivity contribution >= 4 is 22.8 Å². The first-order valence-corrected chi connectivity index (χ1v) is 9.59. The summed E-state index contributed by atoms with van der Waals surface area (Å²) >= 11 is 0. The number of nitrogens with one attached hydrogen (secondary N) is 1. The molecule has 4 rings (SSSR count). The molecule has 10 heteroatoms. The van der Waals surface area contributed by atoms with E-state index in [1.165, 1.54) is 13.1 Å². The number of ether oxygens (including phenoxy) is 2. The van der Waals surface area contributed by atoms with Gasteiger partial charge in [-0.25, -0.2) is 10.4 Å². The van der Waals surface area contributed by atoms with Crippen LogP contribution in [0.15, 0.2) is 60.9 Å². The van der Waals surface area contributed by atoms with Gasteiger partial charge < -0.3 is 14.3 Å². The van der Waals surface area contributed by atoms with E-state index in [2.05, 4.69) is 25.6 Å². The Kier molecular flexibility index (Phi) is 5.93. The zero-order chi connectivity index (χ0) is 22.5. The largest absolute Gasteiger partial charge is 0.497 e. The van der Waals surface area contributed by atoms with E-state index >= 15 is 0 Å². The van der Waals surface area contributed by atoms with Crippen LogP contribution >= 0.6 is 0 Å². The van der Waals surface area contributed by atoms with Crippen molar-refractivity contribution in [2.24, 2.45) is 0 Å². The average Bonchev–Trinajstić information content (AvgIpc) is 2.83. The maximum absolute atomic E-state index is 11.8. The summed E-state index contributed by atoms with van der Waals surface area (Å²) in [5.74, 6) is 1.53. The Morgan fingerprint density at radius 3 is 2.34 bits per heavy atom. The fourth-order valence-corrected chi connectivity index (χ4v) is 2.92. The Hall–Kier alpha value is -4.47. The van der Waals surface area contributed by atoms with Crippen LogP contribution in [-0.4, -0.2) is 40.3 Å². The molecule has 0 spiro atoms. The van der Waals surface area contributed by atoms with Gasteiger partial charge in [-0.15, -0.1) is 10.2 Å². The second kappa shape index (κ2) is 9.13. The van der Waals surface area contributed by atoms with Gasteiger partial charge >= 0.3 is 5.95 Å². The molecule has 4 aromatic rings. The molecule has 162 valence electrons. The third kappa shape index (κ3) is 4.48. The van der Waals surface area contributed by atoms with Crippen LogP contribution in [0.1, 0.15) is 6.92 Å². The van der Waals surface area contributed by atoms with Gasteiger partial charge in [-0.3, -0.25) is 9.78 Å². The second-order valence-corrected chi connectivity index (χ2v) is 6.62. The van der Waals surface area contributed by atoms with Crippen LogP contribution in [-0.2, 0) is 4.79 Å². The highest BCUT2D eigenvalue weighted by Crippen LogP contribution is 2.28. The van der Waals surface area contributed by atoms with Gasteiger partial charge in [0.05, 0.1) is 25.9 Å². The number of rotatable bonds is 7. The minimum atomic E-state index is -0.368. The quantitative estimate of drug-likeness (QED) is 0.441. The molecule has 32 heavy (non-hydrogen) atoms. The summed E-state index contributed by atoms with van der Waals surface area (Å²) in [5.41, 5.74) is 4.59. The zero-order valence-electron chi connectivity index (χ0n) is 17.6. The topological polar surface area (TPSA) is 112 Å². The molecule has 0 aliphatic rings. The number of anilines is 1. The van der Waals surface area contributed by atoms with Gasteiger partial charge in [-0.1, -0.05) is 5.17 Å². The maximum Gasteiger partial charge on any atom is 0.301 e. The lowest BCUT2D eigenvalue weighted by atomic mass is 10.1. The zero-order valence-corrected chi connectivity index (χ0v) is 17.6. The molecule has 2 aromatic carbocycles. The third-order valence-corrected chi connectivity index (χ3v) is 4.48. The predicted octanol–water partition coefficient (Wildman–Crippen LogP) is 2.96. The summed E-state index contributed by atoms with van der Waals surface area (Å²) in [4.78, 5) is 26.3. The number of amides is 1. The minimum Gasteiger partial charge on any atom is -0.497 e. The molecule has 0 aliphatic heterocycles. The van der Waals surface area contributed by atoms with Crippen LogP contribution in [0.2, 0.25) is 0 Å². The molecular formula is C22H20N6O4. The van der Waals surface area contributed by atoms with Gasteiger partial charge in [0.15, 0.2) is 5.75 Å². The summed E-state index contributed by atoms with van der Waals surface area (Å²) in [6.07, 6.45) is 3.13. The van der Waals surface area contributed by atoms with Crippen molar-refractivity contribution in [3.8, 4) is 28.5 Å². The number of benzene rings is 2. The Bertz CT molecular complexity index is 1230. The van der Waals surface area contributed by atoms with Crippen LogP contribution in [0, 0.1) is 0 Å². The third-order valence-electron chi connectivity index (χ3n) is 4.48. The van der Waals surface area contributed by atoms with E-state index in [0.717, 1.165) is 16.5 Å². The lowest BCUT2D eigenvalue weighted by molar-refractivity contribution is -0.120. The fourth-order valence-electron chi connectivity index (χ4n) is 2.92. The molecule has 0 bridgehead atoms. The smallest absolute Gasteiger partial charge is 0.301 e. The summed E-state index contributed by atoms with van der Waals surface area (Å²) in [7, 11) is 3.18. The number of carbonyl (C=O) groups excluding carboxylic acids is 1. The highest BCUT2D eigenvalue weighted by Gasteiger charge is 2.17. The van der Waals surface area contributed by atoms with Gasteiger partial charge in [-0.05, 0) is 36.4 Å². The molecule has 0 saturated carbocycles. The molecule has 0 unspecified atom stereocenters. The monoisotopic (exact) mass is 432 g/mol. The molecule has 0 aliphatic carbocycles. The number of aromatic nitrogens is 4. The summed E-state index contributed by atoms with van der Waals surface area (Å²) in [6.45, 7) is 1.35. The van der Waals surface area contributed by atoms with Crippen molar-refractivity contribution in [3.63, 3.8) is 0 Å². The number of fused-ring (bicyclic) bond motifs is 1. The first-order chi connectivity index (χ1) is 15.6. The standard InChI is InChI=1S/C22H20N6O4/c1-14(29)27-28(32-21-10-11-23-19-12-17(31-3)8-9-18(19)21)22-24-13-20(25-26-22)15-4-6-16(30-2)7-5-15/h4-13H,1-3H3,(H,27,29). The average molecular weight is 432 g/mol. The Labute approximate surface area is 183 Å². The van der Waals surface area contributed by atoms with E-state index in [4.69, 9.17) is 14.3 Å². The Morgan fingerprint density at radius 2 is 1.69 bits per heavy atom. The minimum absolute atomic E-state index is 0.0518. The number of methoxy groups -OCH3 is 2. The van der Waals surface area contributed by atoms with Crippen LogP contribution in [0.3, 0.4) is 0 Å². The first-order valence-electron chi connectivity index (χ1n) is 9.59. The molecule has 2 aromatic heterocycles. The molecule has 1 N–H and O–H groups in total. The fraction of sp³-hybridized carbons (Fsp3) is 0.136. The highest BCUT2D eigenvalue weighted by atomic mass is 16.7. The van der Waals surface area contributed by atoms with E-state index < -0.39 is 0 Å². The number of nitrogens with zero attached hydrogens (tertiary/aromatic N) is 5. The first kappa shape index (κ1) is 20.8. The molecular weight excluding hydrogens is 412 g/mol. The Balaban J connectivity index is 1.62. The van der Waals surface area contributed by atoms with Crippen molar-refractivity contribution in [2.45, 2.75) is 6.92 Å². The molecule has 10 nitrogen and oxygen atoms in total. The lowest BCUT2D eigenvalue weighted by Crippen LogP contribution is -2.45. The van der Waals surface area contributed by atoms with Crippen LogP contribution in [0.5, 0.6) is 17.2 Å². The number of hydrogen-bond acceptors (Lipinski definition) is 9.